The number of fused-ring (bicyclic) bond motifs is 6. The first-order valence-corrected chi connectivity index (χ1v) is 26.2. The Morgan fingerprint density at radius 2 is 1.76 bits per heavy atom. The Kier molecular flexibility index (Phi) is 13.0. The van der Waals surface area contributed by atoms with Crippen molar-refractivity contribution in [1.29, 1.82) is 0 Å². The van der Waals surface area contributed by atoms with E-state index in [9.17, 15) is 9.59 Å². The Hall–Kier alpha value is -3.84. The number of hydrazine groups is 1. The van der Waals surface area contributed by atoms with E-state index >= 15 is 0 Å². The maximum absolute atomic E-state index is 14.4. The lowest BCUT2D eigenvalue weighted by Crippen LogP contribution is -2.69. The van der Waals surface area contributed by atoms with Crippen LogP contribution >= 0.6 is 11.3 Å². The number of amides is 1. The number of nitrogens with two attached hydrogens (primary N) is 1. The van der Waals surface area contributed by atoms with Crippen molar-refractivity contribution in [2.45, 2.75) is 127 Å². The van der Waals surface area contributed by atoms with E-state index in [1.807, 2.05) is 0 Å². The molecule has 68 heavy (non-hydrogen) atoms. The highest BCUT2D eigenvalue weighted by molar-refractivity contribution is 7.10. The van der Waals surface area contributed by atoms with Gasteiger partial charge in [0.25, 0.3) is 5.91 Å². The third-order valence-corrected chi connectivity index (χ3v) is 16.9. The molecule has 1 aliphatic carbocycles. The average molecular weight is 951 g/mol. The summed E-state index contributed by atoms with van der Waals surface area (Å²) < 4.78 is 32.8. The van der Waals surface area contributed by atoms with E-state index in [4.69, 9.17) is 39.4 Å². The Morgan fingerprint density at radius 3 is 2.50 bits per heavy atom. The van der Waals surface area contributed by atoms with Gasteiger partial charge in [-0.05, 0) is 113 Å². The number of benzene rings is 1. The van der Waals surface area contributed by atoms with Crippen LogP contribution < -0.4 is 11.2 Å². The van der Waals surface area contributed by atoms with Gasteiger partial charge in [0.1, 0.15) is 17.1 Å². The monoisotopic (exact) mass is 951 g/mol. The van der Waals surface area contributed by atoms with Crippen LogP contribution in [0.25, 0.3) is 33.4 Å². The van der Waals surface area contributed by atoms with Gasteiger partial charge in [0, 0.05) is 97.0 Å². The largest absolute Gasteiger partial charge is 0.464 e. The highest BCUT2D eigenvalue weighted by Gasteiger charge is 2.53. The number of hydrogen-bond acceptors (Lipinski definition) is 14. The molecule has 4 aromatic rings. The summed E-state index contributed by atoms with van der Waals surface area (Å²) in [5.41, 5.74) is 18.3. The minimum Gasteiger partial charge on any atom is -0.464 e. The SMILES string of the molecule is CO[C@@H](C)c1ncc(C2CCN(C3CC3)CC2)cc1-c1c2c3cc(ccc3n1CCOC1CCOCC1)-c1csc(n1)[C@@H](N1CC3(COC3)C1)[C@H](N)C(=O)N1CCC[C@H](N1)C(=O)OCC(C)(C)C2. The average Bonchev–Trinajstić information content (AvgIpc) is 4.00. The zero-order chi connectivity index (χ0) is 46.7. The molecular formula is C52H70N8O7S. The molecule has 6 aliphatic heterocycles. The number of rotatable bonds is 10. The fourth-order valence-corrected chi connectivity index (χ4v) is 12.8. The number of pyridine rings is 1. The van der Waals surface area contributed by atoms with Crippen molar-refractivity contribution in [2.24, 2.45) is 16.6 Å². The molecule has 1 spiro atoms. The molecule has 15 nitrogen and oxygen atoms in total. The lowest BCUT2D eigenvalue weighted by molar-refractivity contribution is -0.201. The van der Waals surface area contributed by atoms with Gasteiger partial charge in [-0.25, -0.2) is 10.4 Å². The Bertz CT molecular complexity index is 2480. The smallest absolute Gasteiger partial charge is 0.324 e. The van der Waals surface area contributed by atoms with Crippen molar-refractivity contribution in [1.82, 2.24) is 34.8 Å². The fraction of sp³-hybridized carbons (Fsp3) is 0.654. The second kappa shape index (κ2) is 19.1. The molecule has 4 atom stereocenters. The molecule has 3 aromatic heterocycles. The molecule has 366 valence electrons. The molecule has 0 unspecified atom stereocenters. The van der Waals surface area contributed by atoms with E-state index in [0.29, 0.717) is 58.1 Å². The molecule has 0 radical (unpaired) electrons. The van der Waals surface area contributed by atoms with E-state index in [2.05, 4.69) is 76.4 Å². The van der Waals surface area contributed by atoms with Crippen molar-refractivity contribution in [3.63, 3.8) is 0 Å². The van der Waals surface area contributed by atoms with Crippen LogP contribution in [0, 0.1) is 10.8 Å². The number of carbonyl (C=O) groups excluding carboxylic acids is 2. The number of methoxy groups -OCH3 is 1. The first-order valence-electron chi connectivity index (χ1n) is 25.4. The maximum Gasteiger partial charge on any atom is 0.324 e. The summed E-state index contributed by atoms with van der Waals surface area (Å²) in [5, 5.41) is 5.58. The fourth-order valence-electron chi connectivity index (χ4n) is 11.8. The number of aromatic nitrogens is 3. The Morgan fingerprint density at radius 1 is 0.971 bits per heavy atom. The number of carbonyl (C=O) groups is 2. The van der Waals surface area contributed by atoms with Crippen molar-refractivity contribution >= 4 is 34.1 Å². The number of cyclic esters (lactones) is 1. The number of hydrogen-bond donors (Lipinski definition) is 2. The van der Waals surface area contributed by atoms with Gasteiger partial charge in [-0.3, -0.25) is 24.5 Å². The molecule has 11 rings (SSSR count). The molecule has 6 fully saturated rings. The summed E-state index contributed by atoms with van der Waals surface area (Å²) >= 11 is 1.56. The number of nitrogens with one attached hydrogen (secondary N) is 1. The second-order valence-corrected chi connectivity index (χ2v) is 22.6. The molecule has 9 heterocycles. The quantitative estimate of drug-likeness (QED) is 0.169. The van der Waals surface area contributed by atoms with Crippen molar-refractivity contribution in [3.05, 3.63) is 57.7 Å². The van der Waals surface area contributed by atoms with Crippen LogP contribution in [0.1, 0.15) is 112 Å². The van der Waals surface area contributed by atoms with Gasteiger partial charge in [0.2, 0.25) is 0 Å². The highest BCUT2D eigenvalue weighted by Crippen LogP contribution is 2.46. The van der Waals surface area contributed by atoms with Crippen molar-refractivity contribution in [2.75, 3.05) is 79.5 Å². The van der Waals surface area contributed by atoms with Gasteiger partial charge in [-0.15, -0.1) is 11.3 Å². The zero-order valence-corrected chi connectivity index (χ0v) is 41.2. The topological polar surface area (TPSA) is 159 Å². The summed E-state index contributed by atoms with van der Waals surface area (Å²) in [7, 11) is 1.76. The lowest BCUT2D eigenvalue weighted by Gasteiger charge is -2.57. The van der Waals surface area contributed by atoms with Gasteiger partial charge in [0.15, 0.2) is 0 Å². The van der Waals surface area contributed by atoms with Crippen LogP contribution in [0.3, 0.4) is 0 Å². The van der Waals surface area contributed by atoms with Crippen LogP contribution in [-0.2, 0) is 46.2 Å². The van der Waals surface area contributed by atoms with Crippen LogP contribution in [0.5, 0.6) is 0 Å². The minimum absolute atomic E-state index is 0.104. The van der Waals surface area contributed by atoms with Crippen LogP contribution in [0.2, 0.25) is 0 Å². The number of piperidine rings is 1. The molecular weight excluding hydrogens is 881 g/mol. The van der Waals surface area contributed by atoms with Crippen LogP contribution in [-0.4, -0.2) is 145 Å². The van der Waals surface area contributed by atoms with Crippen molar-refractivity contribution in [3.8, 4) is 22.5 Å². The molecule has 3 N–H and O–H groups in total. The summed E-state index contributed by atoms with van der Waals surface area (Å²) in [6.07, 6.45) is 10.5. The van der Waals surface area contributed by atoms with E-state index in [1.165, 1.54) is 24.0 Å². The third-order valence-electron chi connectivity index (χ3n) is 16.0. The number of ether oxygens (including phenoxy) is 5. The Balaban J connectivity index is 1.05. The predicted octanol–water partition coefficient (Wildman–Crippen LogP) is 6.39. The number of likely N-dealkylation sites (tertiary alicyclic amines) is 2. The maximum atomic E-state index is 14.4. The van der Waals surface area contributed by atoms with Gasteiger partial charge in [0.05, 0.1) is 61.8 Å². The summed E-state index contributed by atoms with van der Waals surface area (Å²) in [5.74, 6) is -0.200. The third kappa shape index (κ3) is 9.18. The van der Waals surface area contributed by atoms with Gasteiger partial charge in [-0.1, -0.05) is 19.9 Å². The van der Waals surface area contributed by atoms with Gasteiger partial charge in [-0.2, -0.15) is 0 Å². The van der Waals surface area contributed by atoms with E-state index in [-0.39, 0.29) is 36.1 Å². The number of nitrogens with zero attached hydrogens (tertiary/aromatic N) is 6. The van der Waals surface area contributed by atoms with E-state index in [1.54, 1.807) is 23.5 Å². The van der Waals surface area contributed by atoms with Crippen molar-refractivity contribution < 1.29 is 33.3 Å². The minimum atomic E-state index is -0.903. The predicted molar refractivity (Wildman–Crippen MR) is 260 cm³/mol. The summed E-state index contributed by atoms with van der Waals surface area (Å²) in [6.45, 7) is 14.9. The molecule has 16 heteroatoms. The van der Waals surface area contributed by atoms with Crippen LogP contribution in [0.15, 0.2) is 35.8 Å². The second-order valence-electron chi connectivity index (χ2n) is 21.7. The molecule has 1 amide bonds. The zero-order valence-electron chi connectivity index (χ0n) is 40.4. The van der Waals surface area contributed by atoms with Crippen LogP contribution in [0.4, 0.5) is 0 Å². The lowest BCUT2D eigenvalue weighted by atomic mass is 9.76. The summed E-state index contributed by atoms with van der Waals surface area (Å²) in [6, 6.07) is 7.89. The standard InChI is InChI=1S/C52H70N8O7S/c1-32(63-4)45-39(23-35(25-54-45)33-11-16-57(17-12-33)36-8-9-36)46-40-24-51(2,3)29-67-50(62)41-6-5-15-60(56-41)49(61)44(53)47(58-27-52(28-58)30-65-31-52)48-55-42(26-68-48)34-7-10-43(38(40)22-34)59(46)18-21-66-37-13-19-64-20-14-37/h7,10,22-23,25-26,32-33,36-37,41,44,47,56H,5-6,8-9,11-21,24,27-31,53H2,1-4H3/t32-,41-,44-,47-/m0/s1. The molecule has 1 saturated carbocycles. The number of thiazole rings is 1. The van der Waals surface area contributed by atoms with E-state index in [0.717, 1.165) is 115 Å². The van der Waals surface area contributed by atoms with Gasteiger partial charge < -0.3 is 38.9 Å². The Labute approximate surface area is 404 Å². The first kappa shape index (κ1) is 46.5. The normalized spacial score (nSPS) is 26.9. The molecule has 6 bridgehead atoms. The summed E-state index contributed by atoms with van der Waals surface area (Å²) in [4.78, 5) is 44.0. The highest BCUT2D eigenvalue weighted by atomic mass is 32.1. The molecule has 1 aromatic carbocycles. The first-order chi connectivity index (χ1) is 33.0. The van der Waals surface area contributed by atoms with E-state index < -0.39 is 23.5 Å². The number of esters is 1. The molecule has 5 saturated heterocycles. The molecule has 7 aliphatic rings. The van der Waals surface area contributed by atoms with Gasteiger partial charge >= 0.3 is 5.97 Å².